The van der Waals surface area contributed by atoms with Crippen LogP contribution in [0.25, 0.3) is 10.9 Å². The molecule has 130 valence electrons. The summed E-state index contributed by atoms with van der Waals surface area (Å²) in [6.07, 6.45) is 0.717. The summed E-state index contributed by atoms with van der Waals surface area (Å²) in [4.78, 5) is 7.90. The quantitative estimate of drug-likeness (QED) is 0.573. The highest BCUT2D eigenvalue weighted by Gasteiger charge is 2.15. The SMILES string of the molecule is FC(F)c1nc(Nc2cnn(Cc3ccccc3)c2)c2ccccc2n1. The van der Waals surface area contributed by atoms with Crippen LogP contribution < -0.4 is 5.32 Å². The Kier molecular flexibility index (Phi) is 4.27. The normalized spacial score (nSPS) is 11.2. The Morgan fingerprint density at radius 2 is 1.73 bits per heavy atom. The van der Waals surface area contributed by atoms with Crippen molar-refractivity contribution in [3.05, 3.63) is 78.4 Å². The molecule has 0 unspecified atom stereocenters. The van der Waals surface area contributed by atoms with E-state index in [9.17, 15) is 8.78 Å². The Bertz CT molecular complexity index is 1030. The maximum absolute atomic E-state index is 13.1. The van der Waals surface area contributed by atoms with Crippen LogP contribution in [0.4, 0.5) is 20.3 Å². The summed E-state index contributed by atoms with van der Waals surface area (Å²) in [7, 11) is 0. The van der Waals surface area contributed by atoms with Crippen LogP contribution in [0.5, 0.6) is 0 Å². The van der Waals surface area contributed by atoms with Gasteiger partial charge in [-0.05, 0) is 17.7 Å². The predicted molar refractivity (Wildman–Crippen MR) is 95.5 cm³/mol. The zero-order valence-corrected chi connectivity index (χ0v) is 13.7. The van der Waals surface area contributed by atoms with Gasteiger partial charge in [0, 0.05) is 11.6 Å². The molecule has 4 aromatic rings. The Hall–Kier alpha value is -3.35. The van der Waals surface area contributed by atoms with E-state index in [4.69, 9.17) is 0 Å². The number of aromatic nitrogens is 4. The summed E-state index contributed by atoms with van der Waals surface area (Å²) in [6, 6.07) is 17.0. The van der Waals surface area contributed by atoms with E-state index in [-0.39, 0.29) is 0 Å². The van der Waals surface area contributed by atoms with Gasteiger partial charge in [0.1, 0.15) is 5.82 Å². The lowest BCUT2D eigenvalue weighted by atomic mass is 10.2. The van der Waals surface area contributed by atoms with Gasteiger partial charge in [-0.2, -0.15) is 5.10 Å². The van der Waals surface area contributed by atoms with Crippen molar-refractivity contribution in [1.29, 1.82) is 0 Å². The summed E-state index contributed by atoms with van der Waals surface area (Å²) in [5, 5.41) is 8.06. The molecule has 0 aliphatic rings. The van der Waals surface area contributed by atoms with Crippen molar-refractivity contribution in [3.8, 4) is 0 Å². The molecule has 0 bridgehead atoms. The first-order valence-corrected chi connectivity index (χ1v) is 8.07. The van der Waals surface area contributed by atoms with Crippen LogP contribution in [0.15, 0.2) is 67.0 Å². The van der Waals surface area contributed by atoms with E-state index in [1.54, 1.807) is 29.1 Å². The second-order valence-electron chi connectivity index (χ2n) is 5.79. The van der Waals surface area contributed by atoms with Gasteiger partial charge in [-0.25, -0.2) is 18.7 Å². The molecule has 26 heavy (non-hydrogen) atoms. The molecule has 0 amide bonds. The monoisotopic (exact) mass is 351 g/mol. The fourth-order valence-electron chi connectivity index (χ4n) is 2.71. The van der Waals surface area contributed by atoms with Crippen molar-refractivity contribution in [2.75, 3.05) is 5.32 Å². The highest BCUT2D eigenvalue weighted by atomic mass is 19.3. The fraction of sp³-hybridized carbons (Fsp3) is 0.105. The van der Waals surface area contributed by atoms with E-state index in [0.29, 0.717) is 29.0 Å². The van der Waals surface area contributed by atoms with E-state index >= 15 is 0 Å². The number of anilines is 2. The maximum atomic E-state index is 13.1. The number of hydrogen-bond acceptors (Lipinski definition) is 4. The summed E-state index contributed by atoms with van der Waals surface area (Å²) in [5.74, 6) is -0.159. The molecule has 0 radical (unpaired) electrons. The molecule has 0 aliphatic carbocycles. The topological polar surface area (TPSA) is 55.6 Å². The highest BCUT2D eigenvalue weighted by Crippen LogP contribution is 2.26. The number of alkyl halides is 2. The van der Waals surface area contributed by atoms with Gasteiger partial charge in [0.05, 0.1) is 23.9 Å². The molecule has 0 saturated carbocycles. The molecule has 0 spiro atoms. The third-order valence-electron chi connectivity index (χ3n) is 3.90. The minimum atomic E-state index is -2.74. The summed E-state index contributed by atoms with van der Waals surface area (Å²) >= 11 is 0. The van der Waals surface area contributed by atoms with Gasteiger partial charge in [-0.1, -0.05) is 42.5 Å². The Labute approximate surface area is 148 Å². The molecule has 7 heteroatoms. The number of benzene rings is 2. The number of para-hydroxylation sites is 1. The van der Waals surface area contributed by atoms with Crippen molar-refractivity contribution in [2.24, 2.45) is 0 Å². The molecule has 2 aromatic heterocycles. The van der Waals surface area contributed by atoms with Crippen LogP contribution >= 0.6 is 0 Å². The van der Waals surface area contributed by atoms with Crippen molar-refractivity contribution >= 4 is 22.4 Å². The van der Waals surface area contributed by atoms with Crippen molar-refractivity contribution in [2.45, 2.75) is 13.0 Å². The van der Waals surface area contributed by atoms with Gasteiger partial charge in [0.25, 0.3) is 6.43 Å². The second kappa shape index (κ2) is 6.87. The number of hydrogen-bond donors (Lipinski definition) is 1. The number of nitrogens with one attached hydrogen (secondary N) is 1. The largest absolute Gasteiger partial charge is 0.337 e. The molecule has 2 heterocycles. The number of rotatable bonds is 5. The zero-order valence-electron chi connectivity index (χ0n) is 13.7. The third kappa shape index (κ3) is 3.37. The first-order chi connectivity index (χ1) is 12.7. The number of nitrogens with zero attached hydrogens (tertiary/aromatic N) is 4. The fourth-order valence-corrected chi connectivity index (χ4v) is 2.71. The number of halogens is 2. The van der Waals surface area contributed by atoms with Crippen LogP contribution in [-0.2, 0) is 6.54 Å². The predicted octanol–water partition coefficient (Wildman–Crippen LogP) is 4.56. The zero-order chi connectivity index (χ0) is 17.9. The first kappa shape index (κ1) is 16.1. The minimum Gasteiger partial charge on any atom is -0.337 e. The van der Waals surface area contributed by atoms with Gasteiger partial charge < -0.3 is 5.32 Å². The van der Waals surface area contributed by atoms with E-state index in [1.165, 1.54) is 0 Å². The lowest BCUT2D eigenvalue weighted by Gasteiger charge is -2.09. The number of fused-ring (bicyclic) bond motifs is 1. The average Bonchev–Trinajstić information content (AvgIpc) is 3.09. The molecule has 0 saturated heterocycles. The minimum absolute atomic E-state index is 0.338. The molecular formula is C19H15F2N5. The summed E-state index contributed by atoms with van der Waals surface area (Å²) in [6.45, 7) is 0.620. The molecule has 4 rings (SSSR count). The van der Waals surface area contributed by atoms with E-state index in [2.05, 4.69) is 20.4 Å². The Morgan fingerprint density at radius 1 is 0.962 bits per heavy atom. The van der Waals surface area contributed by atoms with Gasteiger partial charge in [0.15, 0.2) is 5.82 Å². The smallest absolute Gasteiger partial charge is 0.297 e. The van der Waals surface area contributed by atoms with Crippen LogP contribution in [0.1, 0.15) is 17.8 Å². The molecule has 0 fully saturated rings. The van der Waals surface area contributed by atoms with Crippen molar-refractivity contribution in [1.82, 2.24) is 19.7 Å². The Balaban J connectivity index is 1.63. The molecule has 1 N–H and O–H groups in total. The molecule has 5 nitrogen and oxygen atoms in total. The molecule has 0 aliphatic heterocycles. The second-order valence-corrected chi connectivity index (χ2v) is 5.79. The molecule has 0 atom stereocenters. The first-order valence-electron chi connectivity index (χ1n) is 8.07. The third-order valence-corrected chi connectivity index (χ3v) is 3.90. The van der Waals surface area contributed by atoms with Crippen LogP contribution in [0.2, 0.25) is 0 Å². The van der Waals surface area contributed by atoms with Gasteiger partial charge in [0.2, 0.25) is 0 Å². The highest BCUT2D eigenvalue weighted by molar-refractivity contribution is 5.90. The molecule has 2 aromatic carbocycles. The standard InChI is InChI=1S/C19H15F2N5/c20-17(21)19-24-16-9-5-4-8-15(16)18(25-19)23-14-10-22-26(12-14)11-13-6-2-1-3-7-13/h1-10,12,17H,11H2,(H,23,24,25). The van der Waals surface area contributed by atoms with Crippen molar-refractivity contribution in [3.63, 3.8) is 0 Å². The van der Waals surface area contributed by atoms with E-state index in [1.807, 2.05) is 42.6 Å². The maximum Gasteiger partial charge on any atom is 0.297 e. The van der Waals surface area contributed by atoms with Crippen LogP contribution in [0, 0.1) is 0 Å². The van der Waals surface area contributed by atoms with E-state index in [0.717, 1.165) is 5.56 Å². The van der Waals surface area contributed by atoms with Crippen LogP contribution in [0.3, 0.4) is 0 Å². The summed E-state index contributed by atoms with van der Waals surface area (Å²) in [5.41, 5.74) is 2.26. The lowest BCUT2D eigenvalue weighted by molar-refractivity contribution is 0.141. The van der Waals surface area contributed by atoms with E-state index < -0.39 is 12.2 Å². The lowest BCUT2D eigenvalue weighted by Crippen LogP contribution is -2.02. The Morgan fingerprint density at radius 3 is 2.54 bits per heavy atom. The van der Waals surface area contributed by atoms with Crippen LogP contribution in [-0.4, -0.2) is 19.7 Å². The average molecular weight is 351 g/mol. The van der Waals surface area contributed by atoms with Gasteiger partial charge >= 0.3 is 0 Å². The summed E-state index contributed by atoms with van der Waals surface area (Å²) < 4.78 is 28.0. The van der Waals surface area contributed by atoms with Crippen molar-refractivity contribution < 1.29 is 8.78 Å². The van der Waals surface area contributed by atoms with Gasteiger partial charge in [-0.15, -0.1) is 0 Å². The molecular weight excluding hydrogens is 336 g/mol. The van der Waals surface area contributed by atoms with Gasteiger partial charge in [-0.3, -0.25) is 4.68 Å².